The van der Waals surface area contributed by atoms with Gasteiger partial charge in [-0.25, -0.2) is 27.2 Å². The lowest BCUT2D eigenvalue weighted by molar-refractivity contribution is 0.574. The fourth-order valence-electron chi connectivity index (χ4n) is 2.94. The lowest BCUT2D eigenvalue weighted by Gasteiger charge is -2.08. The van der Waals surface area contributed by atoms with Crippen molar-refractivity contribution in [3.63, 3.8) is 0 Å². The maximum absolute atomic E-state index is 13.7. The Kier molecular flexibility index (Phi) is 5.67. The van der Waals surface area contributed by atoms with Gasteiger partial charge in [-0.15, -0.1) is 0 Å². The van der Waals surface area contributed by atoms with Crippen LogP contribution in [0.25, 0.3) is 5.82 Å². The molecule has 0 bridgehead atoms. The zero-order valence-corrected chi connectivity index (χ0v) is 16.0. The smallest absolute Gasteiger partial charge is 0.215 e. The number of rotatable bonds is 7. The predicted molar refractivity (Wildman–Crippen MR) is 102 cm³/mol. The number of aromatic nitrogens is 3. The molecule has 0 unspecified atom stereocenters. The molecule has 0 atom stereocenters. The number of benzene rings is 1. The molecule has 0 saturated heterocycles. The molecule has 3 rings (SSSR count). The molecule has 1 aromatic carbocycles. The van der Waals surface area contributed by atoms with Crippen LogP contribution in [0.4, 0.5) is 4.39 Å². The van der Waals surface area contributed by atoms with Crippen LogP contribution in [0.1, 0.15) is 22.5 Å². The first-order valence-corrected chi connectivity index (χ1v) is 10.2. The van der Waals surface area contributed by atoms with Gasteiger partial charge < -0.3 is 0 Å². The van der Waals surface area contributed by atoms with Crippen molar-refractivity contribution in [1.29, 1.82) is 0 Å². The molecule has 0 spiro atoms. The summed E-state index contributed by atoms with van der Waals surface area (Å²) in [5.74, 6) is -0.194. The summed E-state index contributed by atoms with van der Waals surface area (Å²) in [4.78, 5) is 4.29. The summed E-state index contributed by atoms with van der Waals surface area (Å²) in [7, 11) is -3.63. The van der Waals surface area contributed by atoms with Crippen LogP contribution in [0, 0.1) is 19.7 Å². The van der Waals surface area contributed by atoms with E-state index in [1.165, 1.54) is 18.2 Å². The molecule has 6 nitrogen and oxygen atoms in total. The summed E-state index contributed by atoms with van der Waals surface area (Å²) in [6.07, 6.45) is 2.18. The third kappa shape index (κ3) is 4.58. The number of nitrogens with zero attached hydrogens (tertiary/aromatic N) is 3. The van der Waals surface area contributed by atoms with Crippen molar-refractivity contribution in [1.82, 2.24) is 19.5 Å². The number of nitrogens with one attached hydrogen (secondary N) is 1. The first kappa shape index (κ1) is 19.2. The van der Waals surface area contributed by atoms with Crippen LogP contribution in [0.3, 0.4) is 0 Å². The monoisotopic (exact) mass is 388 g/mol. The molecule has 2 aromatic heterocycles. The Morgan fingerprint density at radius 3 is 2.56 bits per heavy atom. The Bertz CT molecular complexity index is 1030. The number of aryl methyl sites for hydroxylation is 1. The molecule has 0 aliphatic carbocycles. The molecule has 1 N–H and O–H groups in total. The SMILES string of the molecule is Cc1nn(-c2ccccn2)c(C)c1CCNS(=O)(=O)Cc1ccccc1F. The summed E-state index contributed by atoms with van der Waals surface area (Å²) < 4.78 is 42.4. The number of hydrogen-bond donors (Lipinski definition) is 1. The van der Waals surface area contributed by atoms with Crippen molar-refractivity contribution in [3.8, 4) is 5.82 Å². The quantitative estimate of drug-likeness (QED) is 0.675. The third-order valence-corrected chi connectivity index (χ3v) is 5.64. The van der Waals surface area contributed by atoms with Crippen molar-refractivity contribution in [2.24, 2.45) is 0 Å². The third-order valence-electron chi connectivity index (χ3n) is 4.31. The largest absolute Gasteiger partial charge is 0.237 e. The Hall–Kier alpha value is -2.58. The molecule has 142 valence electrons. The lowest BCUT2D eigenvalue weighted by Crippen LogP contribution is -2.27. The molecule has 0 aliphatic heterocycles. The van der Waals surface area contributed by atoms with Gasteiger partial charge in [0.05, 0.1) is 11.4 Å². The van der Waals surface area contributed by atoms with E-state index in [1.54, 1.807) is 16.9 Å². The van der Waals surface area contributed by atoms with E-state index in [-0.39, 0.29) is 17.9 Å². The van der Waals surface area contributed by atoms with Crippen molar-refractivity contribution < 1.29 is 12.8 Å². The van der Waals surface area contributed by atoms with Gasteiger partial charge in [0.25, 0.3) is 0 Å². The maximum atomic E-state index is 13.7. The molecule has 27 heavy (non-hydrogen) atoms. The van der Waals surface area contributed by atoms with Gasteiger partial charge in [0.15, 0.2) is 5.82 Å². The normalized spacial score (nSPS) is 11.7. The van der Waals surface area contributed by atoms with Gasteiger partial charge in [0, 0.05) is 24.0 Å². The molecule has 0 fully saturated rings. The zero-order chi connectivity index (χ0) is 19.4. The van der Waals surface area contributed by atoms with Crippen molar-refractivity contribution >= 4 is 10.0 Å². The van der Waals surface area contributed by atoms with E-state index >= 15 is 0 Å². The highest BCUT2D eigenvalue weighted by molar-refractivity contribution is 7.88. The van der Waals surface area contributed by atoms with E-state index < -0.39 is 15.8 Å². The minimum Gasteiger partial charge on any atom is -0.237 e. The first-order chi connectivity index (χ1) is 12.9. The van der Waals surface area contributed by atoms with Crippen LogP contribution in [0.2, 0.25) is 0 Å². The Labute approximate surface area is 158 Å². The Morgan fingerprint density at radius 2 is 1.85 bits per heavy atom. The molecular formula is C19H21FN4O2S. The maximum Gasteiger partial charge on any atom is 0.215 e. The summed E-state index contributed by atoms with van der Waals surface area (Å²) in [5, 5.41) is 4.50. The number of pyridine rings is 1. The zero-order valence-electron chi connectivity index (χ0n) is 15.2. The molecule has 0 saturated carbocycles. The van der Waals surface area contributed by atoms with Crippen LogP contribution in [0.5, 0.6) is 0 Å². The molecule has 3 aromatic rings. The highest BCUT2D eigenvalue weighted by atomic mass is 32.2. The Morgan fingerprint density at radius 1 is 1.11 bits per heavy atom. The van der Waals surface area contributed by atoms with E-state index in [0.717, 1.165) is 17.0 Å². The standard InChI is InChI=1S/C19H21FN4O2S/c1-14-17(15(2)24(23-14)19-9-5-6-11-21-19)10-12-22-27(25,26)13-16-7-3-4-8-18(16)20/h3-9,11,22H,10,12-13H2,1-2H3. The summed E-state index contributed by atoms with van der Waals surface area (Å²) in [6.45, 7) is 4.03. The summed E-state index contributed by atoms with van der Waals surface area (Å²) >= 11 is 0. The van der Waals surface area contributed by atoms with Crippen molar-refractivity contribution in [2.75, 3.05) is 6.54 Å². The fraction of sp³-hybridized carbons (Fsp3) is 0.263. The van der Waals surface area contributed by atoms with Gasteiger partial charge in [-0.05, 0) is 44.0 Å². The molecular weight excluding hydrogens is 367 g/mol. The number of hydrogen-bond acceptors (Lipinski definition) is 4. The van der Waals surface area contributed by atoms with Crippen LogP contribution in [-0.2, 0) is 22.2 Å². The average Bonchev–Trinajstić information content (AvgIpc) is 2.92. The average molecular weight is 388 g/mol. The minimum atomic E-state index is -3.63. The minimum absolute atomic E-state index is 0.153. The van der Waals surface area contributed by atoms with Crippen LogP contribution >= 0.6 is 0 Å². The number of halogens is 1. The lowest BCUT2D eigenvalue weighted by atomic mass is 10.1. The second-order valence-electron chi connectivity index (χ2n) is 6.24. The highest BCUT2D eigenvalue weighted by Crippen LogP contribution is 2.17. The molecule has 2 heterocycles. The van der Waals surface area contributed by atoms with Crippen molar-refractivity contribution in [2.45, 2.75) is 26.0 Å². The fourth-order valence-corrected chi connectivity index (χ4v) is 4.10. The van der Waals surface area contributed by atoms with E-state index in [1.807, 2.05) is 32.0 Å². The van der Waals surface area contributed by atoms with Gasteiger partial charge in [-0.1, -0.05) is 24.3 Å². The van der Waals surface area contributed by atoms with E-state index in [9.17, 15) is 12.8 Å². The topological polar surface area (TPSA) is 76.9 Å². The van der Waals surface area contributed by atoms with E-state index in [4.69, 9.17) is 0 Å². The predicted octanol–water partition coefficient (Wildman–Crippen LogP) is 2.69. The molecule has 0 aliphatic rings. The molecule has 0 radical (unpaired) electrons. The van der Waals surface area contributed by atoms with Gasteiger partial charge in [-0.2, -0.15) is 5.10 Å². The second-order valence-corrected chi connectivity index (χ2v) is 8.05. The van der Waals surface area contributed by atoms with Crippen molar-refractivity contribution in [3.05, 3.63) is 77.0 Å². The van der Waals surface area contributed by atoms with Gasteiger partial charge in [-0.3, -0.25) is 0 Å². The van der Waals surface area contributed by atoms with Gasteiger partial charge in [0.2, 0.25) is 10.0 Å². The van der Waals surface area contributed by atoms with Crippen LogP contribution < -0.4 is 4.72 Å². The highest BCUT2D eigenvalue weighted by Gasteiger charge is 2.16. The van der Waals surface area contributed by atoms with Gasteiger partial charge in [0.1, 0.15) is 5.82 Å². The second kappa shape index (κ2) is 7.98. The Balaban J connectivity index is 1.67. The van der Waals surface area contributed by atoms with E-state index in [2.05, 4.69) is 14.8 Å². The summed E-state index contributed by atoms with van der Waals surface area (Å²) in [5.41, 5.74) is 2.86. The van der Waals surface area contributed by atoms with Gasteiger partial charge >= 0.3 is 0 Å². The van der Waals surface area contributed by atoms with E-state index in [0.29, 0.717) is 12.2 Å². The molecule has 8 heteroatoms. The first-order valence-electron chi connectivity index (χ1n) is 8.54. The van der Waals surface area contributed by atoms with Crippen LogP contribution in [0.15, 0.2) is 48.7 Å². The molecule has 0 amide bonds. The number of sulfonamides is 1. The van der Waals surface area contributed by atoms with Crippen LogP contribution in [-0.4, -0.2) is 29.7 Å². The summed E-state index contributed by atoms with van der Waals surface area (Å²) in [6, 6.07) is 11.5.